The number of rotatable bonds is 3. The van der Waals surface area contributed by atoms with Crippen LogP contribution in [-0.2, 0) is 27.2 Å². The number of pyridine rings is 1. The molecule has 2 heterocycles. The van der Waals surface area contributed by atoms with E-state index < -0.39 is 0 Å². The molecule has 0 atom stereocenters. The summed E-state index contributed by atoms with van der Waals surface area (Å²) in [5.74, 6) is -0.789. The van der Waals surface area contributed by atoms with Crippen LogP contribution in [0.25, 0.3) is 10.9 Å². The smallest absolute Gasteiger partial charge is 0.244 e. The van der Waals surface area contributed by atoms with Gasteiger partial charge in [0.05, 0.1) is 17.7 Å². The van der Waals surface area contributed by atoms with Crippen molar-refractivity contribution in [3.05, 3.63) is 35.5 Å². The Morgan fingerprint density at radius 1 is 1.19 bits per heavy atom. The predicted molar refractivity (Wildman–Crippen MR) is 96.6 cm³/mol. The maximum atomic E-state index is 12.6. The summed E-state index contributed by atoms with van der Waals surface area (Å²) in [5, 5.41) is 6.38. The Hall–Kier alpha value is -2.96. The Bertz CT molecular complexity index is 909. The summed E-state index contributed by atoms with van der Waals surface area (Å²) in [6, 6.07) is 7.75. The standard InChI is InChI=1S/C19H20N4O3/c24-16-10-23(18(26)9-20-16)11-17(25)22-19-12-5-1-3-7-14(12)21-15-8-4-2-6-13(15)19/h1,3,5,7H,2,4,6,8-11H2,(H,20,24)(H,21,22,25). The molecule has 0 bridgehead atoms. The largest absolute Gasteiger partial charge is 0.345 e. The molecule has 0 radical (unpaired) electrons. The van der Waals surface area contributed by atoms with E-state index in [0.29, 0.717) is 0 Å². The van der Waals surface area contributed by atoms with Crippen molar-refractivity contribution in [1.29, 1.82) is 0 Å². The monoisotopic (exact) mass is 352 g/mol. The highest BCUT2D eigenvalue weighted by atomic mass is 16.2. The molecule has 26 heavy (non-hydrogen) atoms. The number of aryl methyl sites for hydroxylation is 1. The average molecular weight is 352 g/mol. The third-order valence-corrected chi connectivity index (χ3v) is 4.89. The normalized spacial score (nSPS) is 17.0. The van der Waals surface area contributed by atoms with Gasteiger partial charge in [-0.1, -0.05) is 18.2 Å². The van der Waals surface area contributed by atoms with Crippen molar-refractivity contribution < 1.29 is 14.4 Å². The lowest BCUT2D eigenvalue weighted by atomic mass is 9.92. The molecule has 134 valence electrons. The Labute approximate surface area is 150 Å². The van der Waals surface area contributed by atoms with Gasteiger partial charge in [0.15, 0.2) is 0 Å². The van der Waals surface area contributed by atoms with Crippen LogP contribution in [0.15, 0.2) is 24.3 Å². The fourth-order valence-electron chi connectivity index (χ4n) is 3.62. The van der Waals surface area contributed by atoms with E-state index in [4.69, 9.17) is 4.98 Å². The zero-order valence-corrected chi connectivity index (χ0v) is 14.4. The number of hydrogen-bond donors (Lipinski definition) is 2. The summed E-state index contributed by atoms with van der Waals surface area (Å²) in [4.78, 5) is 42.0. The highest BCUT2D eigenvalue weighted by molar-refractivity contribution is 6.04. The molecule has 7 heteroatoms. The zero-order chi connectivity index (χ0) is 18.1. The highest BCUT2D eigenvalue weighted by Crippen LogP contribution is 2.33. The second-order valence-corrected chi connectivity index (χ2v) is 6.71. The molecule has 1 aliphatic heterocycles. The van der Waals surface area contributed by atoms with Crippen molar-refractivity contribution in [3.8, 4) is 0 Å². The van der Waals surface area contributed by atoms with Gasteiger partial charge in [-0.2, -0.15) is 0 Å². The van der Waals surface area contributed by atoms with Gasteiger partial charge in [0.1, 0.15) is 13.1 Å². The summed E-state index contributed by atoms with van der Waals surface area (Å²) in [6.45, 7) is -0.265. The van der Waals surface area contributed by atoms with Crippen molar-refractivity contribution in [2.75, 3.05) is 25.0 Å². The van der Waals surface area contributed by atoms with E-state index in [-0.39, 0.29) is 37.4 Å². The maximum Gasteiger partial charge on any atom is 0.244 e. The van der Waals surface area contributed by atoms with Gasteiger partial charge in [-0.3, -0.25) is 19.4 Å². The number of aromatic nitrogens is 1. The van der Waals surface area contributed by atoms with Gasteiger partial charge in [0, 0.05) is 11.1 Å². The van der Waals surface area contributed by atoms with Crippen LogP contribution < -0.4 is 10.6 Å². The average Bonchev–Trinajstić information content (AvgIpc) is 2.64. The molecule has 1 aromatic carbocycles. The first-order valence-corrected chi connectivity index (χ1v) is 8.86. The number of anilines is 1. The number of fused-ring (bicyclic) bond motifs is 2. The van der Waals surface area contributed by atoms with Gasteiger partial charge in [-0.25, -0.2) is 0 Å². The minimum Gasteiger partial charge on any atom is -0.345 e. The van der Waals surface area contributed by atoms with E-state index in [1.165, 1.54) is 4.90 Å². The Morgan fingerprint density at radius 3 is 2.88 bits per heavy atom. The quantitative estimate of drug-likeness (QED) is 0.862. The third kappa shape index (κ3) is 3.12. The van der Waals surface area contributed by atoms with Gasteiger partial charge in [-0.05, 0) is 37.3 Å². The second kappa shape index (κ2) is 6.74. The Morgan fingerprint density at radius 2 is 2.00 bits per heavy atom. The van der Waals surface area contributed by atoms with Gasteiger partial charge >= 0.3 is 0 Å². The van der Waals surface area contributed by atoms with E-state index in [1.807, 2.05) is 24.3 Å². The van der Waals surface area contributed by atoms with Crippen LogP contribution in [0.1, 0.15) is 24.1 Å². The predicted octanol–water partition coefficient (Wildman–Crippen LogP) is 1.01. The number of amides is 3. The molecule has 1 saturated heterocycles. The number of carbonyl (C=O) groups is 3. The Kier molecular flexibility index (Phi) is 4.28. The molecular weight excluding hydrogens is 332 g/mol. The lowest BCUT2D eigenvalue weighted by Gasteiger charge is -2.26. The van der Waals surface area contributed by atoms with E-state index in [0.717, 1.165) is 53.5 Å². The van der Waals surface area contributed by atoms with Crippen LogP contribution in [0.3, 0.4) is 0 Å². The molecule has 4 rings (SSSR count). The van der Waals surface area contributed by atoms with Crippen LogP contribution in [0, 0.1) is 0 Å². The minimum absolute atomic E-state index is 0.0559. The van der Waals surface area contributed by atoms with E-state index in [2.05, 4.69) is 10.6 Å². The zero-order valence-electron chi connectivity index (χ0n) is 14.4. The van der Waals surface area contributed by atoms with E-state index >= 15 is 0 Å². The highest BCUT2D eigenvalue weighted by Gasteiger charge is 2.26. The number of hydrogen-bond acceptors (Lipinski definition) is 4. The topological polar surface area (TPSA) is 91.4 Å². The lowest BCUT2D eigenvalue weighted by molar-refractivity contribution is -0.142. The molecular formula is C19H20N4O3. The SMILES string of the molecule is O=C1CN(CC(=O)Nc2c3c(nc4ccccc24)CCCC3)C(=O)CN1. The first-order valence-electron chi connectivity index (χ1n) is 8.86. The molecule has 7 nitrogen and oxygen atoms in total. The molecule has 2 aliphatic rings. The molecule has 1 aliphatic carbocycles. The lowest BCUT2D eigenvalue weighted by Crippen LogP contribution is -2.53. The van der Waals surface area contributed by atoms with Crippen molar-refractivity contribution >= 4 is 34.3 Å². The summed E-state index contributed by atoms with van der Waals surface area (Å²) in [6.07, 6.45) is 3.96. The molecule has 0 saturated carbocycles. The third-order valence-electron chi connectivity index (χ3n) is 4.89. The molecule has 2 N–H and O–H groups in total. The van der Waals surface area contributed by atoms with Crippen LogP contribution in [0.2, 0.25) is 0 Å². The fourth-order valence-corrected chi connectivity index (χ4v) is 3.62. The van der Waals surface area contributed by atoms with E-state index in [1.54, 1.807) is 0 Å². The Balaban J connectivity index is 1.63. The molecule has 1 aromatic heterocycles. The molecule has 0 spiro atoms. The summed E-state index contributed by atoms with van der Waals surface area (Å²) in [7, 11) is 0. The summed E-state index contributed by atoms with van der Waals surface area (Å²) >= 11 is 0. The summed E-state index contributed by atoms with van der Waals surface area (Å²) < 4.78 is 0. The number of carbonyl (C=O) groups excluding carboxylic acids is 3. The number of para-hydroxylation sites is 1. The minimum atomic E-state index is -0.294. The van der Waals surface area contributed by atoms with Gasteiger partial charge in [-0.15, -0.1) is 0 Å². The first kappa shape index (κ1) is 16.5. The van der Waals surface area contributed by atoms with Gasteiger partial charge < -0.3 is 15.5 Å². The van der Waals surface area contributed by atoms with Crippen LogP contribution in [0.5, 0.6) is 0 Å². The molecule has 2 aromatic rings. The van der Waals surface area contributed by atoms with Crippen LogP contribution in [0.4, 0.5) is 5.69 Å². The first-order chi connectivity index (χ1) is 12.6. The van der Waals surface area contributed by atoms with Crippen molar-refractivity contribution in [2.24, 2.45) is 0 Å². The molecule has 1 fully saturated rings. The van der Waals surface area contributed by atoms with Crippen LogP contribution in [-0.4, -0.2) is 47.2 Å². The molecule has 3 amide bonds. The van der Waals surface area contributed by atoms with Crippen LogP contribution >= 0.6 is 0 Å². The molecule has 0 unspecified atom stereocenters. The van der Waals surface area contributed by atoms with Gasteiger partial charge in [0.2, 0.25) is 17.7 Å². The second-order valence-electron chi connectivity index (χ2n) is 6.71. The maximum absolute atomic E-state index is 12.6. The van der Waals surface area contributed by atoms with Crippen molar-refractivity contribution in [1.82, 2.24) is 15.2 Å². The summed E-state index contributed by atoms with van der Waals surface area (Å²) in [5.41, 5.74) is 3.78. The number of piperazine rings is 1. The van der Waals surface area contributed by atoms with E-state index in [9.17, 15) is 14.4 Å². The number of nitrogens with zero attached hydrogens (tertiary/aromatic N) is 2. The van der Waals surface area contributed by atoms with Crippen molar-refractivity contribution in [2.45, 2.75) is 25.7 Å². The van der Waals surface area contributed by atoms with Gasteiger partial charge in [0.25, 0.3) is 0 Å². The number of benzene rings is 1. The van der Waals surface area contributed by atoms with Crippen molar-refractivity contribution in [3.63, 3.8) is 0 Å². The number of nitrogens with one attached hydrogen (secondary N) is 2. The fraction of sp³-hybridized carbons (Fsp3) is 0.368.